The Kier molecular flexibility index (Phi) is 6.39. The van der Waals surface area contributed by atoms with Gasteiger partial charge in [0.1, 0.15) is 0 Å². The maximum Gasteiger partial charge on any atom is 0.460 e. The van der Waals surface area contributed by atoms with Crippen LogP contribution in [-0.4, -0.2) is 44.5 Å². The minimum Gasteiger partial charge on any atom is -0.221 e. The van der Waals surface area contributed by atoms with Gasteiger partial charge in [-0.1, -0.05) is 0 Å². The summed E-state index contributed by atoms with van der Waals surface area (Å²) in [6, 6.07) is 0. The Bertz CT molecular complexity index is 492. The summed E-state index contributed by atoms with van der Waals surface area (Å²) in [6.07, 6.45) is -12.4. The van der Waals surface area contributed by atoms with Gasteiger partial charge in [-0.3, -0.25) is 0 Å². The van der Waals surface area contributed by atoms with Crippen molar-refractivity contribution in [1.82, 2.24) is 0 Å². The molecular weight excluding hydrogens is 588 g/mol. The molecule has 0 saturated heterocycles. The molecule has 0 rings (SSSR count). The lowest BCUT2D eigenvalue weighted by Crippen LogP contribution is -2.72. The van der Waals surface area contributed by atoms with E-state index >= 15 is 0 Å². The number of alkyl halides is 17. The SMILES string of the molecule is FC(F)C(F)(I)C(F)(Br)C(F)(F)C(F)(F)C(F)(F)C(F)(F)C(F)(F)F. The summed E-state index contributed by atoms with van der Waals surface area (Å²) in [5, 5.41) is 0. The maximum atomic E-state index is 13.6. The minimum absolute atomic E-state index is 0.568. The highest BCUT2D eigenvalue weighted by Crippen LogP contribution is 2.64. The predicted octanol–water partition coefficient (Wildman–Crippen LogP) is 6.52. The van der Waals surface area contributed by atoms with E-state index in [1.165, 1.54) is 0 Å². The van der Waals surface area contributed by atoms with Gasteiger partial charge in [0, 0.05) is 0 Å². The lowest BCUT2D eigenvalue weighted by atomic mass is 9.93. The van der Waals surface area contributed by atoms with E-state index in [-0.39, 0.29) is 0 Å². The van der Waals surface area contributed by atoms with Gasteiger partial charge >= 0.3 is 29.9 Å². The van der Waals surface area contributed by atoms with Crippen LogP contribution >= 0.6 is 38.5 Å². The molecule has 0 nitrogen and oxygen atoms in total. The fourth-order valence-corrected chi connectivity index (χ4v) is 1.88. The van der Waals surface area contributed by atoms with Crippen molar-refractivity contribution < 1.29 is 65.9 Å². The van der Waals surface area contributed by atoms with Crippen molar-refractivity contribution >= 4 is 38.5 Å². The third-order valence-electron chi connectivity index (χ3n) is 2.63. The Morgan fingerprint density at radius 1 is 0.560 bits per heavy atom. The molecule has 0 radical (unpaired) electrons. The number of hydrogen-bond acceptors (Lipinski definition) is 0. The highest BCUT2D eigenvalue weighted by molar-refractivity contribution is 14.1. The monoisotopic (exact) mass is 588 g/mol. The number of halogens is 17. The van der Waals surface area contributed by atoms with E-state index in [2.05, 4.69) is 0 Å². The molecule has 0 fully saturated rings. The molecule has 25 heavy (non-hydrogen) atoms. The van der Waals surface area contributed by atoms with Crippen LogP contribution in [0.4, 0.5) is 65.9 Å². The van der Waals surface area contributed by atoms with E-state index < -0.39 is 67.1 Å². The van der Waals surface area contributed by atoms with E-state index in [4.69, 9.17) is 0 Å². The van der Waals surface area contributed by atoms with Crippen LogP contribution in [0.3, 0.4) is 0 Å². The van der Waals surface area contributed by atoms with Crippen LogP contribution in [0.1, 0.15) is 0 Å². The van der Waals surface area contributed by atoms with Gasteiger partial charge in [-0.2, -0.15) is 48.3 Å². The molecule has 0 spiro atoms. The third kappa shape index (κ3) is 3.28. The van der Waals surface area contributed by atoms with Crippen LogP contribution in [0.25, 0.3) is 0 Å². The second-order valence-electron chi connectivity index (χ2n) is 4.29. The van der Waals surface area contributed by atoms with E-state index in [1.54, 1.807) is 0 Å². The van der Waals surface area contributed by atoms with Crippen LogP contribution in [0.2, 0.25) is 0 Å². The van der Waals surface area contributed by atoms with Crippen LogP contribution in [0, 0.1) is 0 Å². The standard InChI is InChI=1S/C8HBrF15I/c9-3(13,2(12,25)1(10)11)4(14,15)5(16,17)6(18,19)7(20,21)8(22,23)24/h1H. The van der Waals surface area contributed by atoms with Crippen molar-refractivity contribution in [2.24, 2.45) is 0 Å². The van der Waals surface area contributed by atoms with Crippen LogP contribution in [0.15, 0.2) is 0 Å². The van der Waals surface area contributed by atoms with Gasteiger partial charge in [0.25, 0.3) is 14.7 Å². The Morgan fingerprint density at radius 2 is 0.840 bits per heavy atom. The molecule has 0 N–H and O–H groups in total. The molecule has 0 heterocycles. The quantitative estimate of drug-likeness (QED) is 0.188. The van der Waals surface area contributed by atoms with Crippen LogP contribution in [0.5, 0.6) is 0 Å². The Balaban J connectivity index is 6.50. The Morgan fingerprint density at radius 3 is 1.08 bits per heavy atom. The maximum absolute atomic E-state index is 13.6. The van der Waals surface area contributed by atoms with Crippen molar-refractivity contribution in [3.63, 3.8) is 0 Å². The summed E-state index contributed by atoms with van der Waals surface area (Å²) in [5.74, 6) is -31.4. The molecule has 0 aromatic carbocycles. The van der Waals surface area contributed by atoms with Crippen molar-refractivity contribution in [3.05, 3.63) is 0 Å². The Hall–Kier alpha value is 0.160. The van der Waals surface area contributed by atoms with Crippen molar-refractivity contribution in [2.45, 2.75) is 44.5 Å². The van der Waals surface area contributed by atoms with Gasteiger partial charge < -0.3 is 0 Å². The summed E-state index contributed by atoms with van der Waals surface area (Å²) in [6.45, 7) is 0. The lowest BCUT2D eigenvalue weighted by Gasteiger charge is -2.43. The van der Waals surface area contributed by atoms with E-state index in [0.29, 0.717) is 15.9 Å². The van der Waals surface area contributed by atoms with Gasteiger partial charge in [0.05, 0.1) is 0 Å². The molecule has 0 aliphatic heterocycles. The third-order valence-corrected chi connectivity index (χ3v) is 5.66. The predicted molar refractivity (Wildman–Crippen MR) is 62.5 cm³/mol. The largest absolute Gasteiger partial charge is 0.460 e. The number of hydrogen-bond donors (Lipinski definition) is 0. The molecule has 0 aliphatic carbocycles. The lowest BCUT2D eigenvalue weighted by molar-refractivity contribution is -0.430. The molecule has 0 bridgehead atoms. The molecular formula is C8HBrF15I. The average Bonchev–Trinajstić information content (AvgIpc) is 2.35. The first-order chi connectivity index (χ1) is 10.4. The summed E-state index contributed by atoms with van der Waals surface area (Å²) in [4.78, 5) is 0. The summed E-state index contributed by atoms with van der Waals surface area (Å²) < 4.78 is 179. The highest BCUT2D eigenvalue weighted by Gasteiger charge is 2.92. The zero-order chi connectivity index (χ0) is 21.1. The van der Waals surface area contributed by atoms with E-state index in [0.717, 1.165) is 0 Å². The first-order valence-electron chi connectivity index (χ1n) is 5.06. The van der Waals surface area contributed by atoms with Crippen molar-refractivity contribution in [1.29, 1.82) is 0 Å². The Labute approximate surface area is 149 Å². The zero-order valence-corrected chi connectivity index (χ0v) is 14.2. The minimum atomic E-state index is -8.05. The topological polar surface area (TPSA) is 0 Å². The summed E-state index contributed by atoms with van der Waals surface area (Å²) in [5.41, 5.74) is 0. The normalized spacial score (nSPS) is 20.4. The molecule has 152 valence electrons. The average molecular weight is 589 g/mol. The van der Waals surface area contributed by atoms with Crippen LogP contribution < -0.4 is 0 Å². The second-order valence-corrected chi connectivity index (χ2v) is 6.96. The van der Waals surface area contributed by atoms with Crippen molar-refractivity contribution in [2.75, 3.05) is 0 Å². The molecule has 0 aromatic heterocycles. The molecule has 17 heteroatoms. The van der Waals surface area contributed by atoms with Crippen LogP contribution in [-0.2, 0) is 0 Å². The number of rotatable bonds is 6. The highest BCUT2D eigenvalue weighted by atomic mass is 127. The fourth-order valence-electron chi connectivity index (χ4n) is 1.12. The van der Waals surface area contributed by atoms with Gasteiger partial charge in [-0.25, -0.2) is 17.6 Å². The summed E-state index contributed by atoms with van der Waals surface area (Å²) in [7, 11) is 0. The first kappa shape index (κ1) is 25.2. The van der Waals surface area contributed by atoms with Gasteiger partial charge in [0.2, 0.25) is 0 Å². The fraction of sp³-hybridized carbons (Fsp3) is 1.00. The van der Waals surface area contributed by atoms with E-state index in [1.807, 2.05) is 0 Å². The molecule has 2 atom stereocenters. The van der Waals surface area contributed by atoms with E-state index in [9.17, 15) is 65.9 Å². The molecule has 2 unspecified atom stereocenters. The molecule has 0 amide bonds. The summed E-state index contributed by atoms with van der Waals surface area (Å²) >= 11 is 0.0850. The zero-order valence-electron chi connectivity index (χ0n) is 10.5. The molecule has 0 aliphatic rings. The smallest absolute Gasteiger partial charge is 0.221 e. The second kappa shape index (κ2) is 6.35. The molecule has 0 aromatic rings. The van der Waals surface area contributed by atoms with Gasteiger partial charge in [0.15, 0.2) is 0 Å². The van der Waals surface area contributed by atoms with Gasteiger partial charge in [-0.05, 0) is 38.5 Å². The first-order valence-corrected chi connectivity index (χ1v) is 6.93. The van der Waals surface area contributed by atoms with Gasteiger partial charge in [-0.15, -0.1) is 0 Å². The van der Waals surface area contributed by atoms with Crippen molar-refractivity contribution in [3.8, 4) is 0 Å². The molecule has 0 saturated carbocycles.